The quantitative estimate of drug-likeness (QED) is 0.890. The number of nitrogens with one attached hydrogen (secondary N) is 1. The van der Waals surface area contributed by atoms with Crippen LogP contribution in [0.5, 0.6) is 0 Å². The van der Waals surface area contributed by atoms with Crippen LogP contribution in [0.15, 0.2) is 12.3 Å². The van der Waals surface area contributed by atoms with Crippen molar-refractivity contribution in [1.82, 2.24) is 20.2 Å². The van der Waals surface area contributed by atoms with Crippen LogP contribution in [-0.4, -0.2) is 44.7 Å². The molecule has 132 valence electrons. The van der Waals surface area contributed by atoms with E-state index in [0.717, 1.165) is 44.3 Å². The first-order chi connectivity index (χ1) is 11.5. The van der Waals surface area contributed by atoms with Gasteiger partial charge in [-0.3, -0.25) is 0 Å². The Morgan fingerprint density at radius 3 is 3.04 bits per heavy atom. The van der Waals surface area contributed by atoms with Gasteiger partial charge in [0.15, 0.2) is 0 Å². The Balaban J connectivity index is 1.61. The molecule has 2 N–H and O–H groups in total. The van der Waals surface area contributed by atoms with Gasteiger partial charge in [-0.15, -0.1) is 0 Å². The molecule has 6 heteroatoms. The SMILES string of the molecule is Cc1nccc(CNC(=O)N2CCC[C@@H]2[C@@H]2C[C@H](C)CC[C@H]2O)n1. The highest BCUT2D eigenvalue weighted by molar-refractivity contribution is 5.74. The largest absolute Gasteiger partial charge is 0.393 e. The van der Waals surface area contributed by atoms with E-state index in [4.69, 9.17) is 0 Å². The molecular weight excluding hydrogens is 304 g/mol. The molecule has 1 aliphatic carbocycles. The maximum Gasteiger partial charge on any atom is 0.317 e. The van der Waals surface area contributed by atoms with Crippen LogP contribution in [0, 0.1) is 18.8 Å². The Morgan fingerprint density at radius 1 is 1.42 bits per heavy atom. The number of likely N-dealkylation sites (tertiary alicyclic amines) is 1. The normalized spacial score (nSPS) is 30.4. The van der Waals surface area contributed by atoms with Crippen LogP contribution in [0.4, 0.5) is 4.79 Å². The first kappa shape index (κ1) is 17.1. The van der Waals surface area contributed by atoms with Crippen molar-refractivity contribution in [2.75, 3.05) is 6.54 Å². The van der Waals surface area contributed by atoms with Gasteiger partial charge in [0.1, 0.15) is 5.82 Å². The predicted molar refractivity (Wildman–Crippen MR) is 91.2 cm³/mol. The third-order valence-electron chi connectivity index (χ3n) is 5.43. The molecule has 24 heavy (non-hydrogen) atoms. The van der Waals surface area contributed by atoms with E-state index in [2.05, 4.69) is 22.2 Å². The maximum absolute atomic E-state index is 12.6. The molecule has 1 aromatic rings. The van der Waals surface area contributed by atoms with E-state index >= 15 is 0 Å². The smallest absolute Gasteiger partial charge is 0.317 e. The number of amides is 2. The summed E-state index contributed by atoms with van der Waals surface area (Å²) in [6.45, 7) is 5.27. The van der Waals surface area contributed by atoms with Gasteiger partial charge in [-0.25, -0.2) is 14.8 Å². The van der Waals surface area contributed by atoms with Gasteiger partial charge in [0.2, 0.25) is 0 Å². The first-order valence-corrected chi connectivity index (χ1v) is 9.05. The summed E-state index contributed by atoms with van der Waals surface area (Å²) in [7, 11) is 0. The molecule has 0 spiro atoms. The average molecular weight is 332 g/mol. The van der Waals surface area contributed by atoms with Crippen molar-refractivity contribution in [2.24, 2.45) is 11.8 Å². The second-order valence-corrected chi connectivity index (χ2v) is 7.31. The van der Waals surface area contributed by atoms with Crippen LogP contribution in [0.25, 0.3) is 0 Å². The minimum absolute atomic E-state index is 0.0424. The molecule has 1 saturated heterocycles. The fraction of sp³-hybridized carbons (Fsp3) is 0.722. The molecule has 1 aromatic heterocycles. The lowest BCUT2D eigenvalue weighted by molar-refractivity contribution is 0.0153. The second kappa shape index (κ2) is 7.47. The van der Waals surface area contributed by atoms with Crippen molar-refractivity contribution in [2.45, 2.75) is 64.6 Å². The number of aliphatic hydroxyl groups excluding tert-OH is 1. The summed E-state index contributed by atoms with van der Waals surface area (Å²) in [4.78, 5) is 23.0. The van der Waals surface area contributed by atoms with E-state index in [9.17, 15) is 9.90 Å². The van der Waals surface area contributed by atoms with Crippen LogP contribution < -0.4 is 5.32 Å². The predicted octanol–water partition coefficient (Wildman–Crippen LogP) is 2.26. The fourth-order valence-electron chi connectivity index (χ4n) is 4.18. The van der Waals surface area contributed by atoms with Gasteiger partial charge in [-0.1, -0.05) is 6.92 Å². The van der Waals surface area contributed by atoms with Crippen molar-refractivity contribution in [1.29, 1.82) is 0 Å². The van der Waals surface area contributed by atoms with Crippen LogP contribution in [0.2, 0.25) is 0 Å². The lowest BCUT2D eigenvalue weighted by Crippen LogP contribution is -2.49. The van der Waals surface area contributed by atoms with Crippen LogP contribution in [0.3, 0.4) is 0 Å². The maximum atomic E-state index is 12.6. The summed E-state index contributed by atoms with van der Waals surface area (Å²) in [5, 5.41) is 13.4. The molecule has 2 fully saturated rings. The number of hydrogen-bond acceptors (Lipinski definition) is 4. The Hall–Kier alpha value is -1.69. The monoisotopic (exact) mass is 332 g/mol. The molecule has 0 aromatic carbocycles. The zero-order valence-electron chi connectivity index (χ0n) is 14.6. The zero-order valence-corrected chi connectivity index (χ0v) is 14.6. The summed E-state index contributed by atoms with van der Waals surface area (Å²) in [6, 6.07) is 1.94. The van der Waals surface area contributed by atoms with Crippen LogP contribution in [-0.2, 0) is 6.54 Å². The number of carbonyl (C=O) groups is 1. The molecule has 2 heterocycles. The number of nitrogens with zero attached hydrogens (tertiary/aromatic N) is 3. The van der Waals surface area contributed by atoms with Crippen molar-refractivity contribution in [3.8, 4) is 0 Å². The van der Waals surface area contributed by atoms with E-state index in [1.54, 1.807) is 6.20 Å². The van der Waals surface area contributed by atoms with E-state index in [0.29, 0.717) is 18.3 Å². The molecule has 6 nitrogen and oxygen atoms in total. The molecule has 4 atom stereocenters. The molecule has 2 amide bonds. The number of aliphatic hydroxyl groups is 1. The standard InChI is InChI=1S/C18H28N4O2/c1-12-5-6-17(23)15(10-12)16-4-3-9-22(16)18(24)20-11-14-7-8-19-13(2)21-14/h7-8,12,15-17,23H,3-6,9-11H2,1-2H3,(H,20,24)/t12-,15+,16-,17-/m1/s1. The Bertz CT molecular complexity index is 580. The molecular formula is C18H28N4O2. The van der Waals surface area contributed by atoms with E-state index in [1.807, 2.05) is 17.9 Å². The first-order valence-electron chi connectivity index (χ1n) is 9.05. The molecule has 1 saturated carbocycles. The summed E-state index contributed by atoms with van der Waals surface area (Å²) in [6.07, 6.45) is 6.41. The number of carbonyl (C=O) groups excluding carboxylic acids is 1. The number of urea groups is 1. The van der Waals surface area contributed by atoms with Gasteiger partial charge in [0, 0.05) is 24.7 Å². The van der Waals surface area contributed by atoms with Crippen molar-refractivity contribution >= 4 is 6.03 Å². The summed E-state index contributed by atoms with van der Waals surface area (Å²) in [5.74, 6) is 1.55. The number of rotatable bonds is 3. The lowest BCUT2D eigenvalue weighted by atomic mass is 9.76. The molecule has 0 unspecified atom stereocenters. The summed E-state index contributed by atoms with van der Waals surface area (Å²) >= 11 is 0. The Kier molecular flexibility index (Phi) is 5.33. The van der Waals surface area contributed by atoms with Crippen LogP contribution >= 0.6 is 0 Å². The van der Waals surface area contributed by atoms with Gasteiger partial charge < -0.3 is 15.3 Å². The van der Waals surface area contributed by atoms with Gasteiger partial charge in [0.05, 0.1) is 18.3 Å². The highest BCUT2D eigenvalue weighted by atomic mass is 16.3. The number of aromatic nitrogens is 2. The molecule has 1 aliphatic heterocycles. The molecule has 2 aliphatic rings. The average Bonchev–Trinajstić information content (AvgIpc) is 3.04. The minimum Gasteiger partial charge on any atom is -0.393 e. The zero-order chi connectivity index (χ0) is 17.1. The van der Waals surface area contributed by atoms with E-state index < -0.39 is 0 Å². The van der Waals surface area contributed by atoms with Crippen molar-refractivity contribution < 1.29 is 9.90 Å². The van der Waals surface area contributed by atoms with E-state index in [-0.39, 0.29) is 24.1 Å². The van der Waals surface area contributed by atoms with Gasteiger partial charge in [-0.05, 0) is 51.0 Å². The summed E-state index contributed by atoms with van der Waals surface area (Å²) < 4.78 is 0. The fourth-order valence-corrected chi connectivity index (χ4v) is 4.18. The topological polar surface area (TPSA) is 78.4 Å². The summed E-state index contributed by atoms with van der Waals surface area (Å²) in [5.41, 5.74) is 0.818. The molecule has 0 bridgehead atoms. The third-order valence-corrected chi connectivity index (χ3v) is 5.43. The molecule has 3 rings (SSSR count). The van der Waals surface area contributed by atoms with Crippen LogP contribution in [0.1, 0.15) is 50.5 Å². The van der Waals surface area contributed by atoms with E-state index in [1.165, 1.54) is 0 Å². The second-order valence-electron chi connectivity index (χ2n) is 7.31. The van der Waals surface area contributed by atoms with Gasteiger partial charge >= 0.3 is 6.03 Å². The lowest BCUT2D eigenvalue weighted by Gasteiger charge is -2.39. The highest BCUT2D eigenvalue weighted by Crippen LogP contribution is 2.37. The highest BCUT2D eigenvalue weighted by Gasteiger charge is 2.40. The number of aryl methyl sites for hydroxylation is 1. The number of hydrogen-bond donors (Lipinski definition) is 2. The third kappa shape index (κ3) is 3.86. The minimum atomic E-state index is -0.274. The van der Waals surface area contributed by atoms with Crippen molar-refractivity contribution in [3.63, 3.8) is 0 Å². The van der Waals surface area contributed by atoms with Gasteiger partial charge in [-0.2, -0.15) is 0 Å². The Labute approximate surface area is 143 Å². The van der Waals surface area contributed by atoms with Crippen molar-refractivity contribution in [3.05, 3.63) is 23.8 Å². The molecule has 0 radical (unpaired) electrons. The Morgan fingerprint density at radius 2 is 2.25 bits per heavy atom. The van der Waals surface area contributed by atoms with Gasteiger partial charge in [0.25, 0.3) is 0 Å².